The van der Waals surface area contributed by atoms with Gasteiger partial charge in [0.05, 0.1) is 41.0 Å². The normalized spacial score (nSPS) is 15.7. The molecule has 0 spiro atoms. The Labute approximate surface area is 383 Å². The first kappa shape index (κ1) is 43.8. The van der Waals surface area contributed by atoms with Crippen LogP contribution in [0.1, 0.15) is 54.6 Å². The molecule has 9 rings (SSSR count). The molecule has 4 aromatic carbocycles. The lowest BCUT2D eigenvalue weighted by Crippen LogP contribution is -2.51. The Kier molecular flexibility index (Phi) is 12.4. The molecule has 0 bridgehead atoms. The van der Waals surface area contributed by atoms with Crippen molar-refractivity contribution in [3.63, 3.8) is 0 Å². The lowest BCUT2D eigenvalue weighted by molar-refractivity contribution is -0.138. The van der Waals surface area contributed by atoms with Gasteiger partial charge in [-0.25, -0.2) is 9.55 Å². The maximum Gasteiger partial charge on any atom is 0.319 e. The number of carbonyl (C=O) groups is 2. The number of piperazine rings is 1. The zero-order valence-electron chi connectivity index (χ0n) is 37.7. The van der Waals surface area contributed by atoms with Crippen molar-refractivity contribution in [1.82, 2.24) is 34.5 Å². The molecule has 5 heterocycles. The molecule has 2 amide bonds. The van der Waals surface area contributed by atoms with Crippen LogP contribution >= 0.6 is 0 Å². The fraction of sp³-hybridized carbons (Fsp3) is 0.347. The molecule has 2 saturated heterocycles. The predicted octanol–water partition coefficient (Wildman–Crippen LogP) is 6.85. The highest BCUT2D eigenvalue weighted by Crippen LogP contribution is 2.40. The third-order valence-corrected chi connectivity index (χ3v) is 12.8. The van der Waals surface area contributed by atoms with Crippen LogP contribution in [0.4, 0.5) is 34.5 Å². The number of ether oxygens (including phenoxy) is 1. The zero-order valence-corrected chi connectivity index (χ0v) is 37.7. The average Bonchev–Trinajstić information content (AvgIpc) is 3.70. The number of anilines is 6. The monoisotopic (exact) mass is 893 g/mol. The number of fused-ring (bicyclic) bond motifs is 2. The maximum atomic E-state index is 13.8. The van der Waals surface area contributed by atoms with Gasteiger partial charge in [-0.3, -0.25) is 14.5 Å². The van der Waals surface area contributed by atoms with Gasteiger partial charge in [0, 0.05) is 83.6 Å². The number of hydrogen-bond acceptors (Lipinski definition) is 14. The molecule has 17 heteroatoms. The molecular formula is C49H55N11O6. The van der Waals surface area contributed by atoms with Crippen molar-refractivity contribution in [3.8, 4) is 40.3 Å². The number of hydrogen-bond donors (Lipinski definition) is 4. The van der Waals surface area contributed by atoms with E-state index in [9.17, 15) is 24.9 Å². The number of nitrogens with zero attached hydrogens (tertiary/aromatic N) is 10. The zero-order chi connectivity index (χ0) is 46.1. The van der Waals surface area contributed by atoms with Crippen LogP contribution in [0.2, 0.25) is 0 Å². The molecule has 0 unspecified atom stereocenters. The first-order valence-corrected chi connectivity index (χ1v) is 22.6. The second kappa shape index (κ2) is 18.6. The third kappa shape index (κ3) is 8.60. The number of aromatic hydroxyl groups is 3. The molecule has 17 nitrogen and oxygen atoms in total. The first-order valence-electron chi connectivity index (χ1n) is 22.6. The van der Waals surface area contributed by atoms with Crippen molar-refractivity contribution in [2.45, 2.75) is 46.1 Å². The first-order chi connectivity index (χ1) is 32.0. The number of nitrogens with one attached hydrogen (secondary N) is 1. The molecule has 4 N–H and O–H groups in total. The SMILES string of the molecule is CCCc1cc(-c2nnc(O)n2-c2ccc(CN3CCN(C(=O)C4CCN(c5ccc(Nc6ncc7c(n6)N(C)c6ccccc6C(=O)N7C)c(OCC)c5)CC4)CC3)cc2)c(O)cc1O. The second-order valence-electron chi connectivity index (χ2n) is 17.0. The Morgan fingerprint density at radius 2 is 1.55 bits per heavy atom. The standard InChI is InChI=1S/C49H55N11O6/c1-5-9-33-26-37(42(62)28-41(33)61)44-53-54-49(65)60(44)34-14-12-31(13-15-34)30-57-22-24-59(25-23-57)46(63)32-18-20-58(21-19-32)35-16-17-38(43(27-35)66-6-2)51-48-50-29-40-45(52-48)55(3)39-11-8-7-10-36(39)47(64)56(40)4/h7-8,10-17,26-29,32,61-62H,5-6,9,18-25,30H2,1-4H3,(H,54,65)(H,50,51,52). The van der Waals surface area contributed by atoms with Crippen LogP contribution < -0.4 is 24.8 Å². The van der Waals surface area contributed by atoms with Gasteiger partial charge >= 0.3 is 6.01 Å². The second-order valence-corrected chi connectivity index (χ2v) is 17.0. The molecular weight excluding hydrogens is 839 g/mol. The molecule has 2 fully saturated rings. The van der Waals surface area contributed by atoms with E-state index in [2.05, 4.69) is 36.4 Å². The van der Waals surface area contributed by atoms with Crippen molar-refractivity contribution in [1.29, 1.82) is 0 Å². The number of phenolic OH excluding ortho intramolecular Hbond substituents is 2. The molecule has 0 atom stereocenters. The maximum absolute atomic E-state index is 13.8. The predicted molar refractivity (Wildman–Crippen MR) is 253 cm³/mol. The number of rotatable bonds is 12. The van der Waals surface area contributed by atoms with Crippen molar-refractivity contribution >= 4 is 46.3 Å². The molecule has 0 aliphatic carbocycles. The summed E-state index contributed by atoms with van der Waals surface area (Å²) in [6.45, 7) is 9.52. The number of amides is 2. The van der Waals surface area contributed by atoms with Gasteiger partial charge in [0.15, 0.2) is 11.6 Å². The van der Waals surface area contributed by atoms with Crippen molar-refractivity contribution in [3.05, 3.63) is 102 Å². The van der Waals surface area contributed by atoms with E-state index >= 15 is 0 Å². The van der Waals surface area contributed by atoms with E-state index in [1.54, 1.807) is 24.2 Å². The van der Waals surface area contributed by atoms with E-state index in [4.69, 9.17) is 9.72 Å². The lowest BCUT2D eigenvalue weighted by atomic mass is 9.94. The minimum absolute atomic E-state index is 0.0141. The Morgan fingerprint density at radius 1 is 0.803 bits per heavy atom. The topological polar surface area (TPSA) is 189 Å². The van der Waals surface area contributed by atoms with E-state index in [-0.39, 0.29) is 41.1 Å². The largest absolute Gasteiger partial charge is 0.508 e. The fourth-order valence-corrected chi connectivity index (χ4v) is 9.20. The van der Waals surface area contributed by atoms with E-state index in [0.717, 1.165) is 68.1 Å². The summed E-state index contributed by atoms with van der Waals surface area (Å²) in [6.07, 6.45) is 4.63. The quantitative estimate of drug-likeness (QED) is 0.0998. The summed E-state index contributed by atoms with van der Waals surface area (Å²) in [5, 5.41) is 43.0. The molecule has 0 saturated carbocycles. The van der Waals surface area contributed by atoms with Crippen LogP contribution in [0.3, 0.4) is 0 Å². The minimum atomic E-state index is -0.309. The highest BCUT2D eigenvalue weighted by Gasteiger charge is 2.32. The number of carbonyl (C=O) groups excluding carboxylic acids is 2. The van der Waals surface area contributed by atoms with Crippen molar-refractivity contribution in [2.75, 3.05) is 80.0 Å². The van der Waals surface area contributed by atoms with Gasteiger partial charge < -0.3 is 45.0 Å². The summed E-state index contributed by atoms with van der Waals surface area (Å²) in [5.74, 6) is 1.85. The molecule has 2 aromatic heterocycles. The number of phenols is 2. The van der Waals surface area contributed by atoms with Crippen molar-refractivity contribution < 1.29 is 29.6 Å². The highest BCUT2D eigenvalue weighted by atomic mass is 16.5. The Hall–Kier alpha value is -7.40. The summed E-state index contributed by atoms with van der Waals surface area (Å²) in [7, 11) is 3.63. The molecule has 3 aliphatic heterocycles. The molecule has 0 radical (unpaired) electrons. The Morgan fingerprint density at radius 3 is 2.29 bits per heavy atom. The van der Waals surface area contributed by atoms with E-state index in [1.807, 2.05) is 91.4 Å². The van der Waals surface area contributed by atoms with Crippen LogP contribution in [0, 0.1) is 5.92 Å². The summed E-state index contributed by atoms with van der Waals surface area (Å²) in [4.78, 5) is 46.6. The van der Waals surface area contributed by atoms with E-state index in [0.29, 0.717) is 78.2 Å². The van der Waals surface area contributed by atoms with Gasteiger partial charge in [-0.05, 0) is 79.8 Å². The fourth-order valence-electron chi connectivity index (χ4n) is 9.20. The smallest absolute Gasteiger partial charge is 0.319 e. The number of aryl methyl sites for hydroxylation is 1. The minimum Gasteiger partial charge on any atom is -0.508 e. The summed E-state index contributed by atoms with van der Waals surface area (Å²) >= 11 is 0. The summed E-state index contributed by atoms with van der Waals surface area (Å²) in [6, 6.07) is 24.0. The van der Waals surface area contributed by atoms with Crippen molar-refractivity contribution in [2.24, 2.45) is 5.92 Å². The highest BCUT2D eigenvalue weighted by molar-refractivity contribution is 6.13. The Bertz CT molecular complexity index is 2750. The van der Waals surface area contributed by atoms with Crippen LogP contribution in [-0.4, -0.2) is 122 Å². The van der Waals surface area contributed by atoms with Gasteiger partial charge in [-0.15, -0.1) is 5.10 Å². The van der Waals surface area contributed by atoms with Gasteiger partial charge in [-0.2, -0.15) is 4.98 Å². The van der Waals surface area contributed by atoms with Gasteiger partial charge in [-0.1, -0.05) is 42.7 Å². The summed E-state index contributed by atoms with van der Waals surface area (Å²) < 4.78 is 7.59. The lowest BCUT2D eigenvalue weighted by Gasteiger charge is -2.39. The third-order valence-electron chi connectivity index (χ3n) is 12.8. The van der Waals surface area contributed by atoms with Crippen LogP contribution in [0.25, 0.3) is 17.1 Å². The molecule has 66 heavy (non-hydrogen) atoms. The van der Waals surface area contributed by atoms with E-state index < -0.39 is 0 Å². The van der Waals surface area contributed by atoms with Gasteiger partial charge in [0.1, 0.15) is 22.9 Å². The average molecular weight is 894 g/mol. The number of aromatic nitrogens is 5. The molecule has 3 aliphatic rings. The number of para-hydroxylation sites is 1. The van der Waals surface area contributed by atoms with Crippen LogP contribution in [0.15, 0.2) is 85.1 Å². The molecule has 6 aromatic rings. The van der Waals surface area contributed by atoms with Crippen LogP contribution in [-0.2, 0) is 17.8 Å². The Balaban J connectivity index is 0.784. The van der Waals surface area contributed by atoms with Gasteiger partial charge in [0.25, 0.3) is 5.91 Å². The number of benzene rings is 4. The summed E-state index contributed by atoms with van der Waals surface area (Å²) in [5.41, 5.74) is 6.47. The van der Waals surface area contributed by atoms with E-state index in [1.165, 1.54) is 10.6 Å². The number of piperidine rings is 1. The van der Waals surface area contributed by atoms with Crippen LogP contribution in [0.5, 0.6) is 23.3 Å². The van der Waals surface area contributed by atoms with Gasteiger partial charge in [0.2, 0.25) is 11.9 Å². The molecule has 342 valence electrons.